The number of likely N-dealkylation sites (tertiary alicyclic amines) is 1. The lowest BCUT2D eigenvalue weighted by Gasteiger charge is -2.42. The quantitative estimate of drug-likeness (QED) is 0.540. The fraction of sp³-hybridized carbons (Fsp3) is 0.500. The van der Waals surface area contributed by atoms with Crippen LogP contribution in [0.5, 0.6) is 5.75 Å². The summed E-state index contributed by atoms with van der Waals surface area (Å²) < 4.78 is 13.7. The van der Waals surface area contributed by atoms with Crippen molar-refractivity contribution in [2.24, 2.45) is 5.41 Å². The number of aromatic nitrogens is 2. The Bertz CT molecular complexity index is 1240. The van der Waals surface area contributed by atoms with Gasteiger partial charge in [0.2, 0.25) is 5.91 Å². The van der Waals surface area contributed by atoms with E-state index in [1.807, 2.05) is 36.2 Å². The average molecular weight is 519 g/mol. The van der Waals surface area contributed by atoms with Crippen LogP contribution in [0.1, 0.15) is 72.4 Å². The van der Waals surface area contributed by atoms with E-state index in [0.29, 0.717) is 57.1 Å². The molecule has 38 heavy (non-hydrogen) atoms. The van der Waals surface area contributed by atoms with Gasteiger partial charge in [0.1, 0.15) is 11.5 Å². The van der Waals surface area contributed by atoms with Gasteiger partial charge >= 0.3 is 0 Å². The number of nitrogens with zero attached hydrogens (tertiary/aromatic N) is 3. The molecule has 1 aromatic carbocycles. The van der Waals surface area contributed by atoms with Crippen LogP contribution in [0, 0.1) is 12.3 Å². The number of hydrogen-bond acceptors (Lipinski definition) is 5. The molecule has 0 unspecified atom stereocenters. The predicted molar refractivity (Wildman–Crippen MR) is 144 cm³/mol. The molecular formula is C30H38N4O4. The minimum atomic E-state index is -0.0655. The lowest BCUT2D eigenvalue weighted by molar-refractivity contribution is -0.122. The predicted octanol–water partition coefficient (Wildman–Crippen LogP) is 4.76. The Labute approximate surface area is 224 Å². The van der Waals surface area contributed by atoms with Crippen LogP contribution in [0.25, 0.3) is 0 Å². The number of fused-ring (bicyclic) bond motifs is 1. The third kappa shape index (κ3) is 6.47. The molecular weight excluding hydrogens is 480 g/mol. The highest BCUT2D eigenvalue weighted by Gasteiger charge is 2.36. The molecule has 5 rings (SSSR count). The molecule has 0 bridgehead atoms. The number of aryl methyl sites for hydroxylation is 2. The number of para-hydroxylation sites is 1. The summed E-state index contributed by atoms with van der Waals surface area (Å²) in [5.41, 5.74) is 2.34. The van der Waals surface area contributed by atoms with Gasteiger partial charge in [-0.2, -0.15) is 5.10 Å². The normalized spacial score (nSPS) is 18.8. The molecule has 2 amide bonds. The van der Waals surface area contributed by atoms with Crippen molar-refractivity contribution in [3.05, 3.63) is 71.4 Å². The molecule has 1 fully saturated rings. The fourth-order valence-corrected chi connectivity index (χ4v) is 5.60. The van der Waals surface area contributed by atoms with E-state index in [4.69, 9.17) is 9.15 Å². The van der Waals surface area contributed by atoms with E-state index in [1.165, 1.54) is 5.56 Å². The SMILES string of the molecule is Cc1cnn(Cc2ccc(C(=O)N3CCC4(CCCCc5ccccc5OCCCC(=O)NC4)CC3)o2)c1. The summed E-state index contributed by atoms with van der Waals surface area (Å²) in [6.45, 7) is 5.04. The van der Waals surface area contributed by atoms with Gasteiger partial charge in [-0.25, -0.2) is 0 Å². The molecule has 0 aliphatic carbocycles. The Hall–Kier alpha value is -3.55. The second-order valence-electron chi connectivity index (χ2n) is 10.8. The third-order valence-electron chi connectivity index (χ3n) is 7.91. The van der Waals surface area contributed by atoms with Gasteiger partial charge in [0.05, 0.1) is 19.3 Å². The number of rotatable bonds is 3. The van der Waals surface area contributed by atoms with E-state index >= 15 is 0 Å². The lowest BCUT2D eigenvalue weighted by atomic mass is 9.74. The first kappa shape index (κ1) is 26.1. The first-order chi connectivity index (χ1) is 18.5. The molecule has 0 saturated carbocycles. The monoisotopic (exact) mass is 518 g/mol. The number of carbonyl (C=O) groups excluding carboxylic acids is 2. The van der Waals surface area contributed by atoms with Crippen molar-refractivity contribution < 1.29 is 18.7 Å². The minimum absolute atomic E-state index is 0.0127. The lowest BCUT2D eigenvalue weighted by Crippen LogP contribution is -2.48. The van der Waals surface area contributed by atoms with Crippen molar-refractivity contribution in [2.45, 2.75) is 64.8 Å². The molecule has 1 N–H and O–H groups in total. The fourth-order valence-electron chi connectivity index (χ4n) is 5.60. The Balaban J connectivity index is 1.20. The van der Waals surface area contributed by atoms with Crippen LogP contribution in [0.15, 0.2) is 53.2 Å². The van der Waals surface area contributed by atoms with Crippen molar-refractivity contribution in [1.82, 2.24) is 20.0 Å². The van der Waals surface area contributed by atoms with E-state index in [2.05, 4.69) is 22.5 Å². The molecule has 202 valence electrons. The second kappa shape index (κ2) is 11.9. The van der Waals surface area contributed by atoms with Crippen LogP contribution in [-0.2, 0) is 17.8 Å². The number of amides is 2. The summed E-state index contributed by atoms with van der Waals surface area (Å²) in [4.78, 5) is 27.7. The van der Waals surface area contributed by atoms with Crippen molar-refractivity contribution in [1.29, 1.82) is 0 Å². The van der Waals surface area contributed by atoms with Gasteiger partial charge < -0.3 is 19.4 Å². The van der Waals surface area contributed by atoms with E-state index in [0.717, 1.165) is 49.8 Å². The highest BCUT2D eigenvalue weighted by atomic mass is 16.5. The number of benzene rings is 1. The molecule has 2 aliphatic rings. The first-order valence-electron chi connectivity index (χ1n) is 13.8. The summed E-state index contributed by atoms with van der Waals surface area (Å²) in [6.07, 6.45) is 10.8. The van der Waals surface area contributed by atoms with Gasteiger partial charge in [0.15, 0.2) is 5.76 Å². The van der Waals surface area contributed by atoms with E-state index in [1.54, 1.807) is 16.9 Å². The van der Waals surface area contributed by atoms with Crippen molar-refractivity contribution >= 4 is 11.8 Å². The van der Waals surface area contributed by atoms with Crippen molar-refractivity contribution in [3.63, 3.8) is 0 Å². The number of carbonyl (C=O) groups is 2. The smallest absolute Gasteiger partial charge is 0.289 e. The van der Waals surface area contributed by atoms with Crippen LogP contribution in [0.3, 0.4) is 0 Å². The zero-order valence-corrected chi connectivity index (χ0v) is 22.3. The first-order valence-corrected chi connectivity index (χ1v) is 13.8. The van der Waals surface area contributed by atoms with E-state index in [-0.39, 0.29) is 17.2 Å². The minimum Gasteiger partial charge on any atom is -0.493 e. The van der Waals surface area contributed by atoms with Gasteiger partial charge in [-0.15, -0.1) is 0 Å². The second-order valence-corrected chi connectivity index (χ2v) is 10.8. The van der Waals surface area contributed by atoms with Crippen LogP contribution in [0.2, 0.25) is 0 Å². The standard InChI is InChI=1S/C30H38N4O4/c1-23-19-32-34(20-23)21-25-11-12-27(38-25)29(36)33-16-14-30(15-17-33)13-5-4-8-24-7-2-3-9-26(24)37-18-6-10-28(35)31-22-30/h2-3,7,9,11-12,19-20H,4-6,8,10,13-18,21-22H2,1H3,(H,31,35). The van der Waals surface area contributed by atoms with Gasteiger partial charge in [-0.1, -0.05) is 24.6 Å². The summed E-state index contributed by atoms with van der Waals surface area (Å²) in [7, 11) is 0. The van der Waals surface area contributed by atoms with Crippen LogP contribution in [0.4, 0.5) is 0 Å². The Morgan fingerprint density at radius 3 is 2.71 bits per heavy atom. The largest absolute Gasteiger partial charge is 0.493 e. The number of piperidine rings is 1. The molecule has 8 nitrogen and oxygen atoms in total. The number of hydrogen-bond donors (Lipinski definition) is 1. The number of ether oxygens (including phenoxy) is 1. The topological polar surface area (TPSA) is 89.6 Å². The van der Waals surface area contributed by atoms with Gasteiger partial charge in [-0.05, 0) is 80.2 Å². The van der Waals surface area contributed by atoms with Gasteiger partial charge in [0, 0.05) is 32.3 Å². The van der Waals surface area contributed by atoms with Crippen LogP contribution in [-0.4, -0.2) is 52.7 Å². The maximum atomic E-state index is 13.2. The summed E-state index contributed by atoms with van der Waals surface area (Å²) in [5, 5.41) is 7.49. The summed E-state index contributed by atoms with van der Waals surface area (Å²) in [5.74, 6) is 2.04. The van der Waals surface area contributed by atoms with Crippen molar-refractivity contribution in [3.8, 4) is 5.75 Å². The van der Waals surface area contributed by atoms with E-state index < -0.39 is 0 Å². The molecule has 1 spiro atoms. The van der Waals surface area contributed by atoms with E-state index in [9.17, 15) is 9.59 Å². The molecule has 4 heterocycles. The zero-order chi connectivity index (χ0) is 26.4. The van der Waals surface area contributed by atoms with Gasteiger partial charge in [-0.3, -0.25) is 14.3 Å². The molecule has 8 heteroatoms. The Morgan fingerprint density at radius 1 is 1.05 bits per heavy atom. The Morgan fingerprint density at radius 2 is 1.89 bits per heavy atom. The van der Waals surface area contributed by atoms with Crippen LogP contribution < -0.4 is 10.1 Å². The molecule has 0 atom stereocenters. The molecule has 3 aromatic rings. The summed E-state index contributed by atoms with van der Waals surface area (Å²) in [6, 6.07) is 11.9. The van der Waals surface area contributed by atoms with Crippen molar-refractivity contribution in [2.75, 3.05) is 26.2 Å². The molecule has 2 aromatic heterocycles. The number of nitrogens with one attached hydrogen (secondary N) is 1. The third-order valence-corrected chi connectivity index (χ3v) is 7.91. The Kier molecular flexibility index (Phi) is 8.15. The maximum Gasteiger partial charge on any atom is 0.289 e. The summed E-state index contributed by atoms with van der Waals surface area (Å²) >= 11 is 0. The zero-order valence-electron chi connectivity index (χ0n) is 22.3. The average Bonchev–Trinajstić information content (AvgIpc) is 3.57. The highest BCUT2D eigenvalue weighted by molar-refractivity contribution is 5.91. The van der Waals surface area contributed by atoms with Gasteiger partial charge in [0.25, 0.3) is 5.91 Å². The highest BCUT2D eigenvalue weighted by Crippen LogP contribution is 2.37. The molecule has 2 aliphatic heterocycles. The number of furan rings is 1. The van der Waals surface area contributed by atoms with Crippen LogP contribution >= 0.6 is 0 Å². The molecule has 0 radical (unpaired) electrons. The molecule has 1 saturated heterocycles. The maximum absolute atomic E-state index is 13.2.